The minimum Gasteiger partial charge on any atom is -0.433 e. The zero-order valence-electron chi connectivity index (χ0n) is 18.9. The Morgan fingerprint density at radius 3 is 2.07 bits per heavy atom. The zero-order chi connectivity index (χ0) is 22.6. The number of hydrogen-bond donors (Lipinski definition) is 2. The number of aliphatic imine (C=N–C) groups is 1. The Hall–Kier alpha value is -1.95. The van der Waals surface area contributed by atoms with Gasteiger partial charge >= 0.3 is 6.11 Å². The monoisotopic (exact) mass is 428 g/mol. The number of hydrogen-bond acceptors (Lipinski definition) is 4. The second kappa shape index (κ2) is 14.9. The van der Waals surface area contributed by atoms with Crippen LogP contribution in [0.2, 0.25) is 0 Å². The predicted octanol–water partition coefficient (Wildman–Crippen LogP) is 7.10. The Morgan fingerprint density at radius 1 is 1.17 bits per heavy atom. The van der Waals surface area contributed by atoms with E-state index in [1.165, 1.54) is 18.6 Å². The molecule has 0 fully saturated rings. The van der Waals surface area contributed by atoms with Crippen molar-refractivity contribution in [3.05, 3.63) is 36.0 Å². The summed E-state index contributed by atoms with van der Waals surface area (Å²) >= 11 is 0. The largest absolute Gasteiger partial charge is 0.433 e. The number of halogens is 2. The number of ether oxygens (including phenoxy) is 1. The molecule has 0 radical (unpaired) electrons. The molecule has 1 aromatic rings. The van der Waals surface area contributed by atoms with Gasteiger partial charge in [0.25, 0.3) is 0 Å². The van der Waals surface area contributed by atoms with Crippen molar-refractivity contribution in [2.75, 3.05) is 0 Å². The van der Waals surface area contributed by atoms with Gasteiger partial charge in [-0.05, 0) is 61.9 Å². The molecule has 0 spiro atoms. The summed E-state index contributed by atoms with van der Waals surface area (Å²) in [5.41, 5.74) is 7.82. The van der Waals surface area contributed by atoms with Crippen molar-refractivity contribution in [2.24, 2.45) is 22.6 Å². The third-order valence-corrected chi connectivity index (χ3v) is 4.20. The van der Waals surface area contributed by atoms with E-state index in [9.17, 15) is 8.78 Å². The molecular formula is C24H42F2N2O2. The van der Waals surface area contributed by atoms with Crippen LogP contribution < -0.4 is 10.5 Å². The van der Waals surface area contributed by atoms with Gasteiger partial charge in [-0.3, -0.25) is 4.99 Å². The predicted molar refractivity (Wildman–Crippen MR) is 125 cm³/mol. The second-order valence-corrected chi connectivity index (χ2v) is 7.79. The molecule has 0 aliphatic carbocycles. The minimum absolute atomic E-state index is 0. The van der Waals surface area contributed by atoms with Gasteiger partial charge in [-0.1, -0.05) is 48.5 Å². The quantitative estimate of drug-likeness (QED) is 0.412. The first-order valence-corrected chi connectivity index (χ1v) is 10.2. The third-order valence-electron chi connectivity index (χ3n) is 4.20. The van der Waals surface area contributed by atoms with Crippen LogP contribution in [0.15, 0.2) is 41.0 Å². The molecule has 0 heterocycles. The summed E-state index contributed by atoms with van der Waals surface area (Å²) in [4.78, 5) is 4.45. The minimum atomic E-state index is -3.19. The Labute approximate surface area is 182 Å². The maximum atomic E-state index is 12.7. The van der Waals surface area contributed by atoms with E-state index in [-0.39, 0.29) is 25.2 Å². The molecule has 174 valence electrons. The molecule has 0 aromatic heterocycles. The van der Waals surface area contributed by atoms with Crippen molar-refractivity contribution in [1.29, 1.82) is 0 Å². The van der Waals surface area contributed by atoms with Crippen LogP contribution in [0.5, 0.6) is 5.75 Å². The number of allylic oxidation sites excluding steroid dienone is 2. The van der Waals surface area contributed by atoms with E-state index in [0.717, 1.165) is 18.6 Å². The highest BCUT2D eigenvalue weighted by atomic mass is 19.3. The number of nitrogens with zero attached hydrogens (tertiary/aromatic N) is 1. The Bertz CT molecular complexity index is 624. The third kappa shape index (κ3) is 15.0. The number of nitrogens with two attached hydrogens (primary N) is 1. The molecule has 6 heteroatoms. The van der Waals surface area contributed by atoms with Gasteiger partial charge in [0.1, 0.15) is 5.75 Å². The molecular weight excluding hydrogens is 386 g/mol. The lowest BCUT2D eigenvalue weighted by Gasteiger charge is -2.13. The average molecular weight is 429 g/mol. The van der Waals surface area contributed by atoms with Gasteiger partial charge in [0.15, 0.2) is 0 Å². The van der Waals surface area contributed by atoms with Gasteiger partial charge in [0, 0.05) is 18.3 Å². The molecule has 2 atom stereocenters. The van der Waals surface area contributed by atoms with Crippen molar-refractivity contribution in [3.63, 3.8) is 0 Å². The number of rotatable bonds is 9. The summed E-state index contributed by atoms with van der Waals surface area (Å²) in [6.45, 7) is 12.9. The van der Waals surface area contributed by atoms with Crippen molar-refractivity contribution in [2.45, 2.75) is 87.4 Å². The van der Waals surface area contributed by atoms with Crippen LogP contribution >= 0.6 is 0 Å². The van der Waals surface area contributed by atoms with E-state index in [4.69, 9.17) is 10.8 Å². The van der Waals surface area contributed by atoms with E-state index in [1.807, 2.05) is 20.8 Å². The molecule has 1 aromatic carbocycles. The number of benzene rings is 1. The van der Waals surface area contributed by atoms with Gasteiger partial charge in [-0.15, -0.1) is 0 Å². The lowest BCUT2D eigenvalue weighted by molar-refractivity contribution is -0.158. The van der Waals surface area contributed by atoms with E-state index in [0.29, 0.717) is 24.2 Å². The lowest BCUT2D eigenvalue weighted by Crippen LogP contribution is -2.18. The highest BCUT2D eigenvalue weighted by Gasteiger charge is 2.22. The van der Waals surface area contributed by atoms with Crippen LogP contribution in [-0.2, 0) is 0 Å². The van der Waals surface area contributed by atoms with Gasteiger partial charge in [0.2, 0.25) is 0 Å². The van der Waals surface area contributed by atoms with Crippen molar-refractivity contribution < 1.29 is 18.6 Å². The van der Waals surface area contributed by atoms with E-state index in [2.05, 4.69) is 23.6 Å². The fraction of sp³-hybridized carbons (Fsp3) is 0.625. The summed E-state index contributed by atoms with van der Waals surface area (Å²) in [7, 11) is 0. The van der Waals surface area contributed by atoms with Crippen LogP contribution in [0.25, 0.3) is 0 Å². The highest BCUT2D eigenvalue weighted by Crippen LogP contribution is 2.24. The average Bonchev–Trinajstić information content (AvgIpc) is 2.61. The van der Waals surface area contributed by atoms with Crippen molar-refractivity contribution in [1.82, 2.24) is 0 Å². The second-order valence-electron chi connectivity index (χ2n) is 7.79. The van der Waals surface area contributed by atoms with Crippen LogP contribution in [-0.4, -0.2) is 23.0 Å². The van der Waals surface area contributed by atoms with E-state index >= 15 is 0 Å². The molecule has 2 unspecified atom stereocenters. The molecule has 4 nitrogen and oxygen atoms in total. The first-order chi connectivity index (χ1) is 13.4. The van der Waals surface area contributed by atoms with E-state index in [1.54, 1.807) is 25.1 Å². The smallest absolute Gasteiger partial charge is 0.394 e. The van der Waals surface area contributed by atoms with Crippen LogP contribution in [0.3, 0.4) is 0 Å². The van der Waals surface area contributed by atoms with Gasteiger partial charge in [-0.25, -0.2) is 0 Å². The van der Waals surface area contributed by atoms with Gasteiger partial charge < -0.3 is 15.6 Å². The Morgan fingerprint density at radius 2 is 1.70 bits per heavy atom. The maximum Gasteiger partial charge on any atom is 0.394 e. The normalized spacial score (nSPS) is 14.4. The molecule has 3 N–H and O–H groups in total. The first kappa shape index (κ1) is 30.2. The molecule has 0 saturated heterocycles. The highest BCUT2D eigenvalue weighted by molar-refractivity contribution is 5.98. The van der Waals surface area contributed by atoms with Crippen molar-refractivity contribution in [3.8, 4) is 5.75 Å². The zero-order valence-corrected chi connectivity index (χ0v) is 18.9. The van der Waals surface area contributed by atoms with Crippen LogP contribution in [0.1, 0.15) is 75.2 Å². The van der Waals surface area contributed by atoms with Crippen molar-refractivity contribution >= 4 is 11.4 Å². The topological polar surface area (TPSA) is 67.8 Å². The van der Waals surface area contributed by atoms with Gasteiger partial charge in [-0.2, -0.15) is 8.78 Å². The Balaban J connectivity index is 0. The number of aliphatic hydroxyl groups excluding tert-OH is 1. The summed E-state index contributed by atoms with van der Waals surface area (Å²) < 4.78 is 29.9. The maximum absolute atomic E-state index is 12.7. The summed E-state index contributed by atoms with van der Waals surface area (Å²) in [6, 6.07) is 6.19. The molecule has 0 aliphatic heterocycles. The molecule has 0 aliphatic rings. The fourth-order valence-electron chi connectivity index (χ4n) is 2.30. The molecule has 0 bridgehead atoms. The Kier molecular flexibility index (Phi) is 15.1. The van der Waals surface area contributed by atoms with Crippen LogP contribution in [0, 0.1) is 11.8 Å². The summed E-state index contributed by atoms with van der Waals surface area (Å²) in [6.07, 6.45) is 1.58. The molecule has 30 heavy (non-hydrogen) atoms. The lowest BCUT2D eigenvalue weighted by atomic mass is 10.00. The standard InChI is InChI=1S/C15H20F2N2O.C8H18O.CH4/c1-10(2)14(9-11(3)18)19-12-5-7-13(8-6-12)20-15(4,16)17;1-4-7(3)6-8(9)5-2;/h5-10H,18H2,1-4H3;7-9H,4-6H2,1-3H3;1H4/b11-9-,19-14?;;. The fourth-order valence-corrected chi connectivity index (χ4v) is 2.30. The summed E-state index contributed by atoms with van der Waals surface area (Å²) in [5.74, 6) is 0.998. The number of alkyl halides is 2. The SMILES string of the molecule is C.C/C(N)=C/C(=Nc1ccc(OC(C)(F)F)cc1)C(C)C.CCC(C)CC(O)CC. The molecule has 1 rings (SSSR count). The molecule has 0 amide bonds. The summed E-state index contributed by atoms with van der Waals surface area (Å²) in [5, 5.41) is 9.16. The number of aliphatic hydroxyl groups is 1. The molecule has 0 saturated carbocycles. The van der Waals surface area contributed by atoms with Gasteiger partial charge in [0.05, 0.1) is 11.8 Å². The van der Waals surface area contributed by atoms with Crippen LogP contribution in [0.4, 0.5) is 14.5 Å². The first-order valence-electron chi connectivity index (χ1n) is 10.2. The van der Waals surface area contributed by atoms with E-state index < -0.39 is 6.11 Å².